The Morgan fingerprint density at radius 1 is 0.340 bits per heavy atom. The molecule has 0 radical (unpaired) electrons. The highest BCUT2D eigenvalue weighted by Crippen LogP contribution is 2.37. The average molecular weight is 602 g/mol. The number of pyridine rings is 1. The molecule has 8 rings (SSSR count). The van der Waals surface area contributed by atoms with E-state index in [0.717, 1.165) is 61.7 Å². The lowest BCUT2D eigenvalue weighted by Crippen LogP contribution is -1.97. The van der Waals surface area contributed by atoms with Gasteiger partial charge in [-0.05, 0) is 82.4 Å². The monoisotopic (exact) mass is 601 g/mol. The first-order valence-electron chi connectivity index (χ1n) is 15.9. The van der Waals surface area contributed by atoms with Crippen molar-refractivity contribution in [3.8, 4) is 67.4 Å². The Kier molecular flexibility index (Phi) is 7.41. The van der Waals surface area contributed by atoms with Crippen molar-refractivity contribution in [1.29, 1.82) is 0 Å². The van der Waals surface area contributed by atoms with Crippen molar-refractivity contribution >= 4 is 10.8 Å². The molecular formula is C44H31N3. The minimum absolute atomic E-state index is 0.685. The zero-order valence-corrected chi connectivity index (χ0v) is 26.0. The number of aromatic nitrogens is 3. The Balaban J connectivity index is 1.36. The van der Waals surface area contributed by atoms with Crippen LogP contribution in [0.2, 0.25) is 0 Å². The van der Waals surface area contributed by atoms with Crippen molar-refractivity contribution in [2.75, 3.05) is 0 Å². The third kappa shape index (κ3) is 5.83. The summed E-state index contributed by atoms with van der Waals surface area (Å²) in [7, 11) is 0. The number of nitrogens with zero attached hydrogens (tertiary/aromatic N) is 3. The van der Waals surface area contributed by atoms with E-state index in [1.165, 1.54) is 16.3 Å². The first-order chi connectivity index (χ1) is 23.2. The van der Waals surface area contributed by atoms with Crippen molar-refractivity contribution in [3.05, 3.63) is 176 Å². The molecule has 3 heteroatoms. The smallest absolute Gasteiger partial charge is 0.160 e. The molecule has 0 saturated carbocycles. The van der Waals surface area contributed by atoms with Crippen molar-refractivity contribution in [2.45, 2.75) is 6.92 Å². The van der Waals surface area contributed by atoms with Gasteiger partial charge in [-0.3, -0.25) is 4.98 Å². The van der Waals surface area contributed by atoms with E-state index >= 15 is 0 Å². The molecule has 0 atom stereocenters. The summed E-state index contributed by atoms with van der Waals surface area (Å²) in [4.78, 5) is 15.2. The van der Waals surface area contributed by atoms with Gasteiger partial charge in [-0.1, -0.05) is 127 Å². The van der Waals surface area contributed by atoms with E-state index in [4.69, 9.17) is 15.0 Å². The van der Waals surface area contributed by atoms with Gasteiger partial charge in [-0.2, -0.15) is 0 Å². The highest BCUT2D eigenvalue weighted by Gasteiger charge is 2.15. The maximum Gasteiger partial charge on any atom is 0.160 e. The lowest BCUT2D eigenvalue weighted by Gasteiger charge is -2.14. The lowest BCUT2D eigenvalue weighted by molar-refractivity contribution is 1.18. The van der Waals surface area contributed by atoms with Crippen LogP contribution in [-0.4, -0.2) is 15.0 Å². The topological polar surface area (TPSA) is 38.7 Å². The van der Waals surface area contributed by atoms with Crippen LogP contribution in [-0.2, 0) is 0 Å². The quantitative estimate of drug-likeness (QED) is 0.190. The van der Waals surface area contributed by atoms with Crippen LogP contribution in [0.4, 0.5) is 0 Å². The van der Waals surface area contributed by atoms with Crippen molar-refractivity contribution in [1.82, 2.24) is 15.0 Å². The molecule has 0 spiro atoms. The zero-order valence-electron chi connectivity index (χ0n) is 26.0. The van der Waals surface area contributed by atoms with Gasteiger partial charge >= 0.3 is 0 Å². The Morgan fingerprint density at radius 3 is 1.64 bits per heavy atom. The highest BCUT2D eigenvalue weighted by molar-refractivity contribution is 5.98. The van der Waals surface area contributed by atoms with Gasteiger partial charge in [-0.25, -0.2) is 9.97 Å². The third-order valence-corrected chi connectivity index (χ3v) is 8.54. The predicted molar refractivity (Wildman–Crippen MR) is 195 cm³/mol. The maximum atomic E-state index is 5.19. The van der Waals surface area contributed by atoms with Gasteiger partial charge in [0.25, 0.3) is 0 Å². The largest absolute Gasteiger partial charge is 0.253 e. The molecule has 0 aliphatic rings. The van der Waals surface area contributed by atoms with Crippen LogP contribution in [0.15, 0.2) is 170 Å². The normalized spacial score (nSPS) is 11.1. The molecular weight excluding hydrogens is 571 g/mol. The summed E-state index contributed by atoms with van der Waals surface area (Å²) < 4.78 is 0. The van der Waals surface area contributed by atoms with Crippen molar-refractivity contribution in [2.24, 2.45) is 0 Å². The van der Waals surface area contributed by atoms with Gasteiger partial charge in [0.15, 0.2) is 5.82 Å². The number of aryl methyl sites for hydroxylation is 1. The van der Waals surface area contributed by atoms with Crippen LogP contribution < -0.4 is 0 Å². The second-order valence-electron chi connectivity index (χ2n) is 11.8. The second-order valence-corrected chi connectivity index (χ2v) is 11.8. The first kappa shape index (κ1) is 28.3. The minimum atomic E-state index is 0.685. The fourth-order valence-electron chi connectivity index (χ4n) is 6.21. The second kappa shape index (κ2) is 12.3. The molecule has 0 N–H and O–H groups in total. The summed E-state index contributed by atoms with van der Waals surface area (Å²) in [5.74, 6) is 0.685. The molecule has 222 valence electrons. The van der Waals surface area contributed by atoms with Crippen LogP contribution in [0.25, 0.3) is 78.2 Å². The average Bonchev–Trinajstić information content (AvgIpc) is 3.15. The van der Waals surface area contributed by atoms with Gasteiger partial charge in [-0.15, -0.1) is 0 Å². The molecule has 0 amide bonds. The van der Waals surface area contributed by atoms with Gasteiger partial charge in [0.1, 0.15) is 0 Å². The molecule has 2 aromatic heterocycles. The molecule has 0 aliphatic heterocycles. The highest BCUT2D eigenvalue weighted by atomic mass is 14.9. The van der Waals surface area contributed by atoms with E-state index in [-0.39, 0.29) is 0 Å². The SMILES string of the molecule is Cc1cccc(-c2cccc(-c3cc(-c4nc(-c5ccccc5)cc(-c5ccccc5)n4)cc(-c4cccc5ccccc45)c3)c2)n1. The van der Waals surface area contributed by atoms with Crippen LogP contribution in [0.1, 0.15) is 5.69 Å². The Morgan fingerprint density at radius 2 is 0.894 bits per heavy atom. The van der Waals surface area contributed by atoms with Crippen LogP contribution >= 0.6 is 0 Å². The summed E-state index contributed by atoms with van der Waals surface area (Å²) in [5, 5.41) is 2.41. The van der Waals surface area contributed by atoms with E-state index in [2.05, 4.69) is 152 Å². The minimum Gasteiger partial charge on any atom is -0.253 e. The standard InChI is InChI=1S/C44H31N3/c1-30-13-10-24-41(45-30)35-21-11-20-34(25-35)36-26-37(40-23-12-19-31-14-8-9-22-39(31)40)28-38(27-36)44-46-42(32-15-4-2-5-16-32)29-43(47-44)33-17-6-3-7-18-33/h2-29H,1H3. The number of rotatable bonds is 6. The molecule has 6 aromatic carbocycles. The van der Waals surface area contributed by atoms with E-state index < -0.39 is 0 Å². The number of benzene rings is 6. The molecule has 8 aromatic rings. The fraction of sp³-hybridized carbons (Fsp3) is 0.0227. The van der Waals surface area contributed by atoms with Crippen molar-refractivity contribution in [3.63, 3.8) is 0 Å². The molecule has 2 heterocycles. The van der Waals surface area contributed by atoms with Gasteiger partial charge in [0, 0.05) is 27.9 Å². The molecule has 0 unspecified atom stereocenters. The Bertz CT molecular complexity index is 2300. The molecule has 0 bridgehead atoms. The number of fused-ring (bicyclic) bond motifs is 1. The summed E-state index contributed by atoms with van der Waals surface area (Å²) in [6, 6.07) is 59.3. The fourth-order valence-corrected chi connectivity index (χ4v) is 6.21. The molecule has 47 heavy (non-hydrogen) atoms. The Hall–Kier alpha value is -6.19. The summed E-state index contributed by atoms with van der Waals surface area (Å²) in [5.41, 5.74) is 12.4. The van der Waals surface area contributed by atoms with Crippen molar-refractivity contribution < 1.29 is 0 Å². The number of hydrogen-bond acceptors (Lipinski definition) is 3. The molecule has 0 fully saturated rings. The van der Waals surface area contributed by atoms with Crippen LogP contribution in [0, 0.1) is 6.92 Å². The number of hydrogen-bond donors (Lipinski definition) is 0. The van der Waals surface area contributed by atoms with E-state index in [9.17, 15) is 0 Å². The Labute approximate surface area is 274 Å². The van der Waals surface area contributed by atoms with E-state index in [1.807, 2.05) is 25.1 Å². The van der Waals surface area contributed by atoms with Gasteiger partial charge < -0.3 is 0 Å². The maximum absolute atomic E-state index is 5.19. The zero-order chi connectivity index (χ0) is 31.6. The third-order valence-electron chi connectivity index (χ3n) is 8.54. The summed E-state index contributed by atoms with van der Waals surface area (Å²) in [6.07, 6.45) is 0. The van der Waals surface area contributed by atoms with E-state index in [1.54, 1.807) is 0 Å². The van der Waals surface area contributed by atoms with E-state index in [0.29, 0.717) is 5.82 Å². The summed E-state index contributed by atoms with van der Waals surface area (Å²) in [6.45, 7) is 2.03. The molecule has 3 nitrogen and oxygen atoms in total. The summed E-state index contributed by atoms with van der Waals surface area (Å²) >= 11 is 0. The molecule has 0 aliphatic carbocycles. The van der Waals surface area contributed by atoms with Crippen LogP contribution in [0.3, 0.4) is 0 Å². The van der Waals surface area contributed by atoms with Crippen LogP contribution in [0.5, 0.6) is 0 Å². The molecule has 0 saturated heterocycles. The first-order valence-corrected chi connectivity index (χ1v) is 15.9. The lowest BCUT2D eigenvalue weighted by atomic mass is 9.92. The van der Waals surface area contributed by atoms with Gasteiger partial charge in [0.05, 0.1) is 17.1 Å². The predicted octanol–water partition coefficient (Wildman–Crippen LogP) is 11.3. The van der Waals surface area contributed by atoms with Gasteiger partial charge in [0.2, 0.25) is 0 Å².